The average molecular weight is 282 g/mol. The van der Waals surface area contributed by atoms with E-state index in [9.17, 15) is 18.0 Å². The molecule has 0 bridgehead atoms. The number of hydrogen-bond acceptors (Lipinski definition) is 4. The third kappa shape index (κ3) is 2.76. The molecule has 0 atom stereocenters. The van der Waals surface area contributed by atoms with Gasteiger partial charge in [-0.05, 0) is 24.3 Å². The van der Waals surface area contributed by atoms with Gasteiger partial charge in [-0.3, -0.25) is 4.98 Å². The molecule has 0 saturated carbocycles. The van der Waals surface area contributed by atoms with Crippen LogP contribution in [0.5, 0.6) is 0 Å². The maximum Gasteiger partial charge on any atom is 0.433 e. The third-order valence-corrected chi connectivity index (χ3v) is 2.53. The van der Waals surface area contributed by atoms with Crippen LogP contribution in [-0.2, 0) is 10.9 Å². The molecule has 2 aromatic heterocycles. The molecule has 20 heavy (non-hydrogen) atoms. The first-order valence-corrected chi connectivity index (χ1v) is 5.50. The zero-order valence-electron chi connectivity index (χ0n) is 10.3. The molecule has 2 aromatic rings. The second kappa shape index (κ2) is 5.28. The van der Waals surface area contributed by atoms with Gasteiger partial charge in [0.2, 0.25) is 0 Å². The minimum Gasteiger partial charge on any atom is -0.465 e. The summed E-state index contributed by atoms with van der Waals surface area (Å²) < 4.78 is 42.7. The zero-order chi connectivity index (χ0) is 14.8. The van der Waals surface area contributed by atoms with Crippen molar-refractivity contribution in [1.82, 2.24) is 9.97 Å². The first-order valence-electron chi connectivity index (χ1n) is 5.50. The van der Waals surface area contributed by atoms with Crippen LogP contribution in [0.2, 0.25) is 0 Å². The Hall–Kier alpha value is -2.44. The molecule has 4 nitrogen and oxygen atoms in total. The fraction of sp³-hybridized carbons (Fsp3) is 0.154. The van der Waals surface area contributed by atoms with Crippen molar-refractivity contribution in [1.29, 1.82) is 0 Å². The number of methoxy groups -OCH3 is 1. The highest BCUT2D eigenvalue weighted by Crippen LogP contribution is 2.31. The van der Waals surface area contributed by atoms with E-state index in [1.54, 1.807) is 6.07 Å². The van der Waals surface area contributed by atoms with E-state index >= 15 is 0 Å². The predicted octanol–water partition coefficient (Wildman–Crippen LogP) is 2.95. The molecule has 0 fully saturated rings. The van der Waals surface area contributed by atoms with Crippen LogP contribution in [0.4, 0.5) is 13.2 Å². The number of ether oxygens (including phenoxy) is 1. The molecule has 0 aliphatic carbocycles. The molecule has 104 valence electrons. The number of esters is 1. The maximum absolute atomic E-state index is 12.7. The fourth-order valence-electron chi connectivity index (χ4n) is 1.61. The van der Waals surface area contributed by atoms with Gasteiger partial charge < -0.3 is 4.74 Å². The van der Waals surface area contributed by atoms with Crippen LogP contribution in [-0.4, -0.2) is 23.0 Å². The first kappa shape index (κ1) is 14.0. The van der Waals surface area contributed by atoms with Crippen LogP contribution < -0.4 is 0 Å². The lowest BCUT2D eigenvalue weighted by molar-refractivity contribution is -0.141. The number of nitrogens with zero attached hydrogens (tertiary/aromatic N) is 2. The highest BCUT2D eigenvalue weighted by molar-refractivity contribution is 5.96. The molecule has 0 aromatic carbocycles. The second-order valence-corrected chi connectivity index (χ2v) is 3.82. The van der Waals surface area contributed by atoms with Gasteiger partial charge in [-0.15, -0.1) is 0 Å². The monoisotopic (exact) mass is 282 g/mol. The van der Waals surface area contributed by atoms with E-state index in [1.807, 2.05) is 0 Å². The van der Waals surface area contributed by atoms with Crippen molar-refractivity contribution in [2.45, 2.75) is 6.18 Å². The van der Waals surface area contributed by atoms with Gasteiger partial charge in [0.15, 0.2) is 0 Å². The van der Waals surface area contributed by atoms with Gasteiger partial charge in [0, 0.05) is 18.0 Å². The van der Waals surface area contributed by atoms with Gasteiger partial charge in [0.1, 0.15) is 5.69 Å². The predicted molar refractivity (Wildman–Crippen MR) is 63.8 cm³/mol. The zero-order valence-corrected chi connectivity index (χ0v) is 10.3. The lowest BCUT2D eigenvalue weighted by Gasteiger charge is -2.11. The topological polar surface area (TPSA) is 52.1 Å². The number of aromatic nitrogens is 2. The Morgan fingerprint density at radius 1 is 1.25 bits per heavy atom. The van der Waals surface area contributed by atoms with Crippen LogP contribution in [0.1, 0.15) is 16.1 Å². The highest BCUT2D eigenvalue weighted by Gasteiger charge is 2.33. The van der Waals surface area contributed by atoms with E-state index in [4.69, 9.17) is 0 Å². The first-order chi connectivity index (χ1) is 9.43. The molecule has 2 rings (SSSR count). The Labute approximate surface area is 112 Å². The molecule has 0 N–H and O–H groups in total. The van der Waals surface area contributed by atoms with Crippen molar-refractivity contribution < 1.29 is 22.7 Å². The van der Waals surface area contributed by atoms with Crippen molar-refractivity contribution in [2.24, 2.45) is 0 Å². The van der Waals surface area contributed by atoms with Crippen molar-refractivity contribution in [2.75, 3.05) is 7.11 Å². The molecule has 0 aliphatic rings. The molecule has 0 saturated heterocycles. The number of alkyl halides is 3. The summed E-state index contributed by atoms with van der Waals surface area (Å²) in [6.07, 6.45) is -1.80. The molecule has 2 heterocycles. The van der Waals surface area contributed by atoms with E-state index in [0.717, 1.165) is 19.2 Å². The molecule has 0 amide bonds. The summed E-state index contributed by atoms with van der Waals surface area (Å²) in [7, 11) is 1.15. The molecule has 0 spiro atoms. The van der Waals surface area contributed by atoms with Crippen LogP contribution >= 0.6 is 0 Å². The molecular weight excluding hydrogens is 273 g/mol. The third-order valence-electron chi connectivity index (χ3n) is 2.53. The Balaban J connectivity index is 2.64. The number of hydrogen-bond donors (Lipinski definition) is 0. The summed E-state index contributed by atoms with van der Waals surface area (Å²) >= 11 is 0. The quantitative estimate of drug-likeness (QED) is 0.795. The van der Waals surface area contributed by atoms with Crippen molar-refractivity contribution >= 4 is 5.97 Å². The van der Waals surface area contributed by atoms with E-state index in [1.165, 1.54) is 18.5 Å². The molecule has 0 aliphatic heterocycles. The standard InChI is InChI=1S/C13H9F3N2O2/c1-20-12(19)9-4-5-10(13(14,15)16)18-11(9)8-3-2-6-17-7-8/h2-7H,1H3. The lowest BCUT2D eigenvalue weighted by Crippen LogP contribution is -2.12. The van der Waals surface area contributed by atoms with Crippen molar-refractivity contribution in [3.05, 3.63) is 47.9 Å². The van der Waals surface area contributed by atoms with Crippen LogP contribution in [0, 0.1) is 0 Å². The summed E-state index contributed by atoms with van der Waals surface area (Å²) in [6.45, 7) is 0. The lowest BCUT2D eigenvalue weighted by atomic mass is 10.1. The summed E-state index contributed by atoms with van der Waals surface area (Å²) in [5, 5.41) is 0. The van der Waals surface area contributed by atoms with Gasteiger partial charge >= 0.3 is 12.1 Å². The second-order valence-electron chi connectivity index (χ2n) is 3.82. The van der Waals surface area contributed by atoms with E-state index in [-0.39, 0.29) is 11.3 Å². The fourth-order valence-corrected chi connectivity index (χ4v) is 1.61. The Morgan fingerprint density at radius 3 is 2.55 bits per heavy atom. The molecule has 0 unspecified atom stereocenters. The Kier molecular flexibility index (Phi) is 3.69. The Morgan fingerprint density at radius 2 is 2.00 bits per heavy atom. The highest BCUT2D eigenvalue weighted by atomic mass is 19.4. The molecule has 7 heteroatoms. The van der Waals surface area contributed by atoms with Crippen LogP contribution in [0.15, 0.2) is 36.7 Å². The molecular formula is C13H9F3N2O2. The van der Waals surface area contributed by atoms with E-state index in [2.05, 4.69) is 14.7 Å². The number of carbonyl (C=O) groups is 1. The largest absolute Gasteiger partial charge is 0.465 e. The van der Waals surface area contributed by atoms with Crippen LogP contribution in [0.25, 0.3) is 11.3 Å². The van der Waals surface area contributed by atoms with Crippen LogP contribution in [0.3, 0.4) is 0 Å². The summed E-state index contributed by atoms with van der Waals surface area (Å²) in [5.74, 6) is -0.759. The van der Waals surface area contributed by atoms with Gasteiger partial charge in [0.05, 0.1) is 18.4 Å². The minimum atomic E-state index is -4.59. The van der Waals surface area contributed by atoms with E-state index in [0.29, 0.717) is 5.56 Å². The van der Waals surface area contributed by atoms with Gasteiger partial charge in [-0.2, -0.15) is 13.2 Å². The molecule has 0 radical (unpaired) electrons. The normalized spacial score (nSPS) is 11.2. The minimum absolute atomic E-state index is 0.0477. The number of pyridine rings is 2. The summed E-state index contributed by atoms with van der Waals surface area (Å²) in [5.41, 5.74) is -0.934. The summed E-state index contributed by atoms with van der Waals surface area (Å²) in [4.78, 5) is 18.9. The summed E-state index contributed by atoms with van der Waals surface area (Å²) in [6, 6.07) is 4.84. The SMILES string of the molecule is COC(=O)c1ccc(C(F)(F)F)nc1-c1cccnc1. The smallest absolute Gasteiger partial charge is 0.433 e. The van der Waals surface area contributed by atoms with Gasteiger partial charge in [-0.1, -0.05) is 0 Å². The van der Waals surface area contributed by atoms with Gasteiger partial charge in [-0.25, -0.2) is 9.78 Å². The van der Waals surface area contributed by atoms with Crippen molar-refractivity contribution in [3.8, 4) is 11.3 Å². The van der Waals surface area contributed by atoms with Gasteiger partial charge in [0.25, 0.3) is 0 Å². The Bertz CT molecular complexity index is 627. The average Bonchev–Trinajstić information content (AvgIpc) is 2.46. The number of halogens is 3. The maximum atomic E-state index is 12.7. The number of rotatable bonds is 2. The van der Waals surface area contributed by atoms with Crippen molar-refractivity contribution in [3.63, 3.8) is 0 Å². The number of carbonyl (C=O) groups excluding carboxylic acids is 1. The van der Waals surface area contributed by atoms with E-state index < -0.39 is 17.8 Å².